The Morgan fingerprint density at radius 3 is 2.94 bits per heavy atom. The second-order valence-corrected chi connectivity index (χ2v) is 4.67. The lowest BCUT2D eigenvalue weighted by Gasteiger charge is -2.09. The van der Waals surface area contributed by atoms with E-state index in [1.807, 2.05) is 6.92 Å². The van der Waals surface area contributed by atoms with Gasteiger partial charge in [-0.2, -0.15) is 0 Å². The van der Waals surface area contributed by atoms with Crippen molar-refractivity contribution >= 4 is 11.8 Å². The number of rotatable bonds is 6. The minimum atomic E-state index is -0.929. The predicted octanol–water partition coefficient (Wildman–Crippen LogP) is 2.69. The normalized spacial score (nSPS) is 14.6. The number of pyridine rings is 1. The summed E-state index contributed by atoms with van der Waals surface area (Å²) in [5.41, 5.74) is 1.08. The summed E-state index contributed by atoms with van der Waals surface area (Å²) in [6, 6.07) is 3.33. The lowest BCUT2D eigenvalue weighted by molar-refractivity contribution is 0.0697. The molecule has 1 aromatic rings. The van der Waals surface area contributed by atoms with Crippen molar-refractivity contribution in [3.63, 3.8) is 0 Å². The van der Waals surface area contributed by atoms with Crippen LogP contribution in [0.4, 0.5) is 5.82 Å². The Morgan fingerprint density at radius 1 is 1.53 bits per heavy atom. The maximum atomic E-state index is 11.0. The molecule has 1 aromatic heterocycles. The van der Waals surface area contributed by atoms with Gasteiger partial charge in [-0.15, -0.1) is 0 Å². The van der Waals surface area contributed by atoms with Crippen LogP contribution in [0.15, 0.2) is 12.1 Å². The van der Waals surface area contributed by atoms with Gasteiger partial charge in [-0.05, 0) is 37.8 Å². The van der Waals surface area contributed by atoms with Crippen molar-refractivity contribution < 1.29 is 9.90 Å². The molecule has 2 N–H and O–H groups in total. The van der Waals surface area contributed by atoms with Gasteiger partial charge in [-0.3, -0.25) is 0 Å². The molecule has 0 amide bonds. The molecule has 1 aliphatic carbocycles. The summed E-state index contributed by atoms with van der Waals surface area (Å²) >= 11 is 0. The molecule has 1 heterocycles. The Morgan fingerprint density at radius 2 is 2.29 bits per heavy atom. The third-order valence-corrected chi connectivity index (χ3v) is 3.04. The van der Waals surface area contributed by atoms with Crippen molar-refractivity contribution in [1.82, 2.24) is 4.98 Å². The number of nitrogens with one attached hydrogen (secondary N) is 1. The zero-order valence-electron chi connectivity index (χ0n) is 10.1. The summed E-state index contributed by atoms with van der Waals surface area (Å²) in [4.78, 5) is 15.2. The first-order valence-electron chi connectivity index (χ1n) is 6.11. The van der Waals surface area contributed by atoms with Gasteiger partial charge in [-0.1, -0.05) is 12.8 Å². The topological polar surface area (TPSA) is 62.2 Å². The number of carboxylic acids is 1. The largest absolute Gasteiger partial charge is 0.478 e. The zero-order chi connectivity index (χ0) is 12.3. The van der Waals surface area contributed by atoms with Gasteiger partial charge in [0.1, 0.15) is 11.4 Å². The maximum absolute atomic E-state index is 11.0. The Balaban J connectivity index is 1.92. The molecule has 1 saturated carbocycles. The first-order valence-corrected chi connectivity index (χ1v) is 6.11. The monoisotopic (exact) mass is 234 g/mol. The molecule has 4 heteroatoms. The molecule has 17 heavy (non-hydrogen) atoms. The molecule has 0 aromatic carbocycles. The Hall–Kier alpha value is -1.58. The van der Waals surface area contributed by atoms with Gasteiger partial charge in [0.05, 0.1) is 0 Å². The smallest absolute Gasteiger partial charge is 0.339 e. The summed E-state index contributed by atoms with van der Waals surface area (Å²) in [5, 5.41) is 12.2. The van der Waals surface area contributed by atoms with Crippen LogP contribution in [-0.4, -0.2) is 22.6 Å². The fourth-order valence-corrected chi connectivity index (χ4v) is 1.87. The van der Waals surface area contributed by atoms with Crippen LogP contribution in [0.1, 0.15) is 41.7 Å². The first kappa shape index (κ1) is 11.9. The Kier molecular flexibility index (Phi) is 3.61. The zero-order valence-corrected chi connectivity index (χ0v) is 10.1. The highest BCUT2D eigenvalue weighted by Gasteiger charge is 2.20. The Labute approximate surface area is 101 Å². The third kappa shape index (κ3) is 3.44. The fraction of sp³-hybridized carbons (Fsp3) is 0.538. The molecule has 92 valence electrons. The number of aromatic nitrogens is 1. The molecule has 0 unspecified atom stereocenters. The van der Waals surface area contributed by atoms with Crippen LogP contribution in [0.3, 0.4) is 0 Å². The minimum absolute atomic E-state index is 0.252. The van der Waals surface area contributed by atoms with E-state index in [1.165, 1.54) is 19.3 Å². The van der Waals surface area contributed by atoms with Crippen LogP contribution < -0.4 is 5.32 Å². The number of nitrogens with zero attached hydrogens (tertiary/aromatic N) is 1. The highest BCUT2D eigenvalue weighted by Crippen LogP contribution is 2.33. The van der Waals surface area contributed by atoms with E-state index in [1.54, 1.807) is 12.1 Å². The van der Waals surface area contributed by atoms with Crippen molar-refractivity contribution in [2.24, 2.45) is 5.92 Å². The van der Waals surface area contributed by atoms with Gasteiger partial charge in [0.25, 0.3) is 0 Å². The number of hydrogen-bond acceptors (Lipinski definition) is 3. The van der Waals surface area contributed by atoms with Gasteiger partial charge in [0, 0.05) is 12.2 Å². The standard InChI is InChI=1S/C13H18N2O2/c1-9-4-7-11(13(16)17)12(15-9)14-8-2-3-10-5-6-10/h4,7,10H,2-3,5-6,8H2,1H3,(H,14,15)(H,16,17). The Bertz CT molecular complexity index is 414. The molecule has 1 aliphatic rings. The number of carbonyl (C=O) groups is 1. The van der Waals surface area contributed by atoms with E-state index in [2.05, 4.69) is 10.3 Å². The van der Waals surface area contributed by atoms with E-state index in [-0.39, 0.29) is 5.56 Å². The van der Waals surface area contributed by atoms with Gasteiger partial charge < -0.3 is 10.4 Å². The van der Waals surface area contributed by atoms with Gasteiger partial charge >= 0.3 is 5.97 Å². The van der Waals surface area contributed by atoms with E-state index >= 15 is 0 Å². The molecule has 0 atom stereocenters. The molecule has 2 rings (SSSR count). The quantitative estimate of drug-likeness (QED) is 0.743. The van der Waals surface area contributed by atoms with E-state index < -0.39 is 5.97 Å². The number of aromatic carboxylic acids is 1. The minimum Gasteiger partial charge on any atom is -0.478 e. The number of hydrogen-bond donors (Lipinski definition) is 2. The van der Waals surface area contributed by atoms with Crippen LogP contribution in [0.25, 0.3) is 0 Å². The lowest BCUT2D eigenvalue weighted by Crippen LogP contribution is -2.10. The summed E-state index contributed by atoms with van der Waals surface area (Å²) in [5.74, 6) is 0.483. The molecule has 0 aliphatic heterocycles. The van der Waals surface area contributed by atoms with E-state index in [9.17, 15) is 4.79 Å². The van der Waals surface area contributed by atoms with Crippen molar-refractivity contribution in [2.75, 3.05) is 11.9 Å². The van der Waals surface area contributed by atoms with E-state index in [0.29, 0.717) is 5.82 Å². The van der Waals surface area contributed by atoms with Gasteiger partial charge in [0.2, 0.25) is 0 Å². The van der Waals surface area contributed by atoms with Crippen LogP contribution in [0.2, 0.25) is 0 Å². The summed E-state index contributed by atoms with van der Waals surface area (Å²) < 4.78 is 0. The van der Waals surface area contributed by atoms with Crippen LogP contribution >= 0.6 is 0 Å². The summed E-state index contributed by atoms with van der Waals surface area (Å²) in [7, 11) is 0. The SMILES string of the molecule is Cc1ccc(C(=O)O)c(NCCCC2CC2)n1. The summed E-state index contributed by atoms with van der Waals surface area (Å²) in [6.07, 6.45) is 5.05. The van der Waals surface area contributed by atoms with E-state index in [0.717, 1.165) is 24.6 Å². The second-order valence-electron chi connectivity index (χ2n) is 4.67. The highest BCUT2D eigenvalue weighted by molar-refractivity contribution is 5.93. The fourth-order valence-electron chi connectivity index (χ4n) is 1.87. The number of carboxylic acid groups (broad SMARTS) is 1. The average Bonchev–Trinajstić information content (AvgIpc) is 3.08. The van der Waals surface area contributed by atoms with Crippen molar-refractivity contribution in [1.29, 1.82) is 0 Å². The van der Waals surface area contributed by atoms with Crippen LogP contribution in [0.5, 0.6) is 0 Å². The molecule has 0 radical (unpaired) electrons. The number of aryl methyl sites for hydroxylation is 1. The second kappa shape index (κ2) is 5.17. The first-order chi connectivity index (χ1) is 8.16. The number of anilines is 1. The van der Waals surface area contributed by atoms with Crippen LogP contribution in [-0.2, 0) is 0 Å². The average molecular weight is 234 g/mol. The molecular formula is C13H18N2O2. The predicted molar refractivity (Wildman–Crippen MR) is 66.4 cm³/mol. The maximum Gasteiger partial charge on any atom is 0.339 e. The lowest BCUT2D eigenvalue weighted by atomic mass is 10.2. The molecular weight excluding hydrogens is 216 g/mol. The molecule has 4 nitrogen and oxygen atoms in total. The van der Waals surface area contributed by atoms with Crippen molar-refractivity contribution in [3.8, 4) is 0 Å². The molecule has 0 saturated heterocycles. The molecule has 1 fully saturated rings. The molecule has 0 bridgehead atoms. The third-order valence-electron chi connectivity index (χ3n) is 3.04. The van der Waals surface area contributed by atoms with Gasteiger partial charge in [-0.25, -0.2) is 9.78 Å². The van der Waals surface area contributed by atoms with Crippen molar-refractivity contribution in [3.05, 3.63) is 23.4 Å². The van der Waals surface area contributed by atoms with Crippen LogP contribution in [0, 0.1) is 12.8 Å². The highest BCUT2D eigenvalue weighted by atomic mass is 16.4. The molecule has 0 spiro atoms. The summed E-state index contributed by atoms with van der Waals surface area (Å²) in [6.45, 7) is 2.66. The van der Waals surface area contributed by atoms with Crippen molar-refractivity contribution in [2.45, 2.75) is 32.6 Å². The van der Waals surface area contributed by atoms with Gasteiger partial charge in [0.15, 0.2) is 0 Å². The van der Waals surface area contributed by atoms with E-state index in [4.69, 9.17) is 5.11 Å².